The van der Waals surface area contributed by atoms with Gasteiger partial charge in [0.05, 0.1) is 5.75 Å². The highest BCUT2D eigenvalue weighted by Gasteiger charge is 2.38. The Morgan fingerprint density at radius 2 is 1.90 bits per heavy atom. The van der Waals surface area contributed by atoms with Crippen LogP contribution in [0.4, 0.5) is 0 Å². The molecule has 2 aliphatic rings. The van der Waals surface area contributed by atoms with Gasteiger partial charge in [0.1, 0.15) is 0 Å². The Balaban J connectivity index is 1.70. The smallest absolute Gasteiger partial charge is 0.218 e. The van der Waals surface area contributed by atoms with Gasteiger partial charge in [-0.3, -0.25) is 0 Å². The Labute approximate surface area is 127 Å². The fraction of sp³-hybridized carbons (Fsp3) is 0.625. The molecule has 0 spiro atoms. The molecule has 1 aromatic rings. The summed E-state index contributed by atoms with van der Waals surface area (Å²) in [5, 5.41) is 3.38. The maximum absolute atomic E-state index is 12.8. The minimum Gasteiger partial charge on any atom is -0.316 e. The predicted octanol–water partition coefficient (Wildman–Crippen LogP) is 1.98. The average molecular weight is 308 g/mol. The Hall–Kier alpha value is -0.910. The summed E-state index contributed by atoms with van der Waals surface area (Å²) in [5.41, 5.74) is 0.880. The van der Waals surface area contributed by atoms with Gasteiger partial charge in [0.2, 0.25) is 10.0 Å². The Kier molecular flexibility index (Phi) is 4.62. The number of hydrogen-bond acceptors (Lipinski definition) is 3. The molecule has 21 heavy (non-hydrogen) atoms. The maximum Gasteiger partial charge on any atom is 0.218 e. The van der Waals surface area contributed by atoms with E-state index in [0.29, 0.717) is 12.5 Å². The number of nitrogens with zero attached hydrogens (tertiary/aromatic N) is 1. The Morgan fingerprint density at radius 1 is 1.14 bits per heavy atom. The molecule has 116 valence electrons. The second-order valence-corrected chi connectivity index (χ2v) is 8.18. The molecule has 0 bridgehead atoms. The van der Waals surface area contributed by atoms with Crippen molar-refractivity contribution >= 4 is 10.0 Å². The molecule has 0 radical (unpaired) electrons. The van der Waals surface area contributed by atoms with Gasteiger partial charge < -0.3 is 5.32 Å². The highest BCUT2D eigenvalue weighted by Crippen LogP contribution is 2.32. The zero-order chi connectivity index (χ0) is 14.7. The van der Waals surface area contributed by atoms with Crippen LogP contribution in [0.3, 0.4) is 0 Å². The van der Waals surface area contributed by atoms with Crippen molar-refractivity contribution in [3.8, 4) is 0 Å². The van der Waals surface area contributed by atoms with E-state index in [9.17, 15) is 8.42 Å². The Bertz CT molecular complexity index is 549. The van der Waals surface area contributed by atoms with Crippen molar-refractivity contribution in [2.24, 2.45) is 5.92 Å². The van der Waals surface area contributed by atoms with E-state index in [1.807, 2.05) is 30.3 Å². The van der Waals surface area contributed by atoms with Crippen LogP contribution in [0.5, 0.6) is 0 Å². The first-order valence-electron chi connectivity index (χ1n) is 7.89. The number of hydrogen-bond donors (Lipinski definition) is 1. The van der Waals surface area contributed by atoms with Crippen molar-refractivity contribution in [2.75, 3.05) is 19.6 Å². The molecule has 4 nitrogen and oxygen atoms in total. The third-order valence-corrected chi connectivity index (χ3v) is 6.20. The van der Waals surface area contributed by atoms with Crippen molar-refractivity contribution in [1.82, 2.24) is 9.62 Å². The summed E-state index contributed by atoms with van der Waals surface area (Å²) in [6.45, 7) is 2.70. The highest BCUT2D eigenvalue weighted by molar-refractivity contribution is 7.88. The second kappa shape index (κ2) is 6.46. The first-order valence-corrected chi connectivity index (χ1v) is 9.50. The lowest BCUT2D eigenvalue weighted by Crippen LogP contribution is -2.42. The number of sulfonamides is 1. The third kappa shape index (κ3) is 4.05. The molecule has 0 amide bonds. The first kappa shape index (κ1) is 15.0. The van der Waals surface area contributed by atoms with Crippen LogP contribution in [-0.2, 0) is 15.8 Å². The molecule has 1 heterocycles. The monoisotopic (exact) mass is 308 g/mol. The van der Waals surface area contributed by atoms with Crippen LogP contribution in [0.1, 0.15) is 31.2 Å². The van der Waals surface area contributed by atoms with E-state index in [-0.39, 0.29) is 11.8 Å². The predicted molar refractivity (Wildman–Crippen MR) is 84.4 cm³/mol. The molecule has 1 aliphatic carbocycles. The van der Waals surface area contributed by atoms with Crippen molar-refractivity contribution < 1.29 is 8.42 Å². The van der Waals surface area contributed by atoms with Crippen LogP contribution >= 0.6 is 0 Å². The molecule has 1 N–H and O–H groups in total. The van der Waals surface area contributed by atoms with Gasteiger partial charge in [-0.05, 0) is 50.3 Å². The molecule has 1 saturated heterocycles. The van der Waals surface area contributed by atoms with E-state index in [4.69, 9.17) is 0 Å². The lowest BCUT2D eigenvalue weighted by molar-refractivity contribution is 0.286. The van der Waals surface area contributed by atoms with Gasteiger partial charge in [-0.2, -0.15) is 4.31 Å². The summed E-state index contributed by atoms with van der Waals surface area (Å²) in [6.07, 6.45) is 4.33. The zero-order valence-electron chi connectivity index (χ0n) is 12.4. The molecular formula is C16H24N2O2S. The Morgan fingerprint density at radius 3 is 2.52 bits per heavy atom. The van der Waals surface area contributed by atoms with Gasteiger partial charge in [-0.1, -0.05) is 30.3 Å². The summed E-state index contributed by atoms with van der Waals surface area (Å²) in [4.78, 5) is 0. The number of benzene rings is 1. The van der Waals surface area contributed by atoms with Crippen LogP contribution in [0.25, 0.3) is 0 Å². The van der Waals surface area contributed by atoms with Gasteiger partial charge in [-0.15, -0.1) is 0 Å². The lowest BCUT2D eigenvalue weighted by atomic mass is 10.00. The summed E-state index contributed by atoms with van der Waals surface area (Å²) < 4.78 is 27.3. The zero-order valence-corrected chi connectivity index (χ0v) is 13.2. The summed E-state index contributed by atoms with van der Waals surface area (Å²) in [6, 6.07) is 9.76. The van der Waals surface area contributed by atoms with Crippen molar-refractivity contribution in [3.05, 3.63) is 35.9 Å². The normalized spacial score (nSPS) is 23.4. The summed E-state index contributed by atoms with van der Waals surface area (Å²) in [7, 11) is -3.21. The van der Waals surface area contributed by atoms with E-state index >= 15 is 0 Å². The number of piperidine rings is 1. The average Bonchev–Trinajstić information content (AvgIpc) is 3.31. The fourth-order valence-corrected chi connectivity index (χ4v) is 4.94. The van der Waals surface area contributed by atoms with Gasteiger partial charge in [-0.25, -0.2) is 8.42 Å². The quantitative estimate of drug-likeness (QED) is 0.874. The van der Waals surface area contributed by atoms with Crippen LogP contribution in [0, 0.1) is 5.92 Å². The largest absolute Gasteiger partial charge is 0.316 e. The second-order valence-electron chi connectivity index (χ2n) is 6.26. The molecule has 1 unspecified atom stereocenters. The van der Waals surface area contributed by atoms with Gasteiger partial charge in [0.15, 0.2) is 0 Å². The summed E-state index contributed by atoms with van der Waals surface area (Å²) in [5.74, 6) is 0.592. The molecule has 0 aromatic heterocycles. The molecule has 1 saturated carbocycles. The van der Waals surface area contributed by atoms with E-state index in [1.54, 1.807) is 4.31 Å². The van der Waals surface area contributed by atoms with Crippen LogP contribution in [-0.4, -0.2) is 38.4 Å². The maximum atomic E-state index is 12.8. The first-order chi connectivity index (χ1) is 10.1. The van der Waals surface area contributed by atoms with E-state index in [1.165, 1.54) is 0 Å². The van der Waals surface area contributed by atoms with Crippen LogP contribution in [0.2, 0.25) is 0 Å². The molecule has 1 aliphatic heterocycles. The van der Waals surface area contributed by atoms with Crippen LogP contribution < -0.4 is 5.32 Å². The minimum absolute atomic E-state index is 0.129. The van der Waals surface area contributed by atoms with E-state index < -0.39 is 10.0 Å². The van der Waals surface area contributed by atoms with Gasteiger partial charge in [0.25, 0.3) is 0 Å². The van der Waals surface area contributed by atoms with Gasteiger partial charge >= 0.3 is 0 Å². The SMILES string of the molecule is O=S(=O)(Cc1ccccc1)N(CC1CCCNC1)C1CC1. The topological polar surface area (TPSA) is 49.4 Å². The van der Waals surface area contributed by atoms with E-state index in [0.717, 1.165) is 44.3 Å². The summed E-state index contributed by atoms with van der Waals surface area (Å²) >= 11 is 0. The van der Waals surface area contributed by atoms with E-state index in [2.05, 4.69) is 5.32 Å². The standard InChI is InChI=1S/C16H24N2O2S/c19-21(20,13-14-5-2-1-3-6-14)18(16-8-9-16)12-15-7-4-10-17-11-15/h1-3,5-6,15-17H,4,7-13H2. The number of nitrogens with one attached hydrogen (secondary N) is 1. The van der Waals surface area contributed by atoms with Crippen molar-refractivity contribution in [2.45, 2.75) is 37.5 Å². The van der Waals surface area contributed by atoms with Crippen molar-refractivity contribution in [3.63, 3.8) is 0 Å². The highest BCUT2D eigenvalue weighted by atomic mass is 32.2. The molecule has 5 heteroatoms. The van der Waals surface area contributed by atoms with Crippen molar-refractivity contribution in [1.29, 1.82) is 0 Å². The minimum atomic E-state index is -3.21. The van der Waals surface area contributed by atoms with Gasteiger partial charge in [0, 0.05) is 12.6 Å². The third-order valence-electron chi connectivity index (χ3n) is 4.34. The molecule has 3 rings (SSSR count). The number of rotatable bonds is 6. The fourth-order valence-electron chi connectivity index (χ4n) is 3.05. The molecule has 1 aromatic carbocycles. The lowest BCUT2D eigenvalue weighted by Gasteiger charge is -2.29. The molecule has 1 atom stereocenters. The molecule has 2 fully saturated rings. The van der Waals surface area contributed by atoms with Crippen LogP contribution in [0.15, 0.2) is 30.3 Å². The molecular weight excluding hydrogens is 284 g/mol.